The summed E-state index contributed by atoms with van der Waals surface area (Å²) < 4.78 is 12.4. The molecule has 164 valence electrons. The highest BCUT2D eigenvalue weighted by Crippen LogP contribution is 2.68. The van der Waals surface area contributed by atoms with Crippen LogP contribution in [0.3, 0.4) is 0 Å². The lowest BCUT2D eigenvalue weighted by Gasteiger charge is -2.60. The molecule has 6 atom stereocenters. The summed E-state index contributed by atoms with van der Waals surface area (Å²) in [5.41, 5.74) is 0.868. The van der Waals surface area contributed by atoms with Crippen molar-refractivity contribution in [1.29, 1.82) is 0 Å². The number of unbranched alkanes of at least 4 members (excludes halogenated alkanes) is 1. The van der Waals surface area contributed by atoms with E-state index in [1.165, 1.54) is 12.0 Å². The molecule has 1 spiro atoms. The summed E-state index contributed by atoms with van der Waals surface area (Å²) in [5, 5.41) is 0. The maximum atomic E-state index is 13.3. The van der Waals surface area contributed by atoms with Crippen molar-refractivity contribution in [2.45, 2.75) is 96.9 Å². The van der Waals surface area contributed by atoms with Crippen molar-refractivity contribution in [2.75, 3.05) is 6.61 Å². The number of carbonyl (C=O) groups is 2. The Morgan fingerprint density at radius 2 is 1.87 bits per heavy atom. The minimum Gasteiger partial charge on any atom is -0.404 e. The molecule has 1 heterocycles. The minimum absolute atomic E-state index is 0.0818. The molecule has 0 radical (unpaired) electrons. The third-order valence-corrected chi connectivity index (χ3v) is 10.1. The van der Waals surface area contributed by atoms with Gasteiger partial charge in [-0.1, -0.05) is 39.2 Å². The van der Waals surface area contributed by atoms with E-state index in [0.717, 1.165) is 57.7 Å². The summed E-state index contributed by atoms with van der Waals surface area (Å²) in [6, 6.07) is 0. The molecule has 0 N–H and O–H groups in total. The van der Waals surface area contributed by atoms with Crippen molar-refractivity contribution < 1.29 is 18.9 Å². The molecule has 0 bridgehead atoms. The van der Waals surface area contributed by atoms with Crippen LogP contribution in [0.4, 0.5) is 0 Å². The number of ketones is 2. The average Bonchev–Trinajstić information content (AvgIpc) is 3.02. The third kappa shape index (κ3) is 2.80. The maximum absolute atomic E-state index is 13.3. The molecule has 4 aliphatic carbocycles. The number of hydrogen-bond donors (Lipinski definition) is 0. The summed E-state index contributed by atoms with van der Waals surface area (Å²) >= 11 is 0. The van der Waals surface area contributed by atoms with Gasteiger partial charge in [0.05, 0.1) is 6.61 Å². The molecular formula is C25H37BO4. The van der Waals surface area contributed by atoms with Crippen molar-refractivity contribution in [3.63, 3.8) is 0 Å². The van der Waals surface area contributed by atoms with Crippen LogP contribution in [0.25, 0.3) is 0 Å². The van der Waals surface area contributed by atoms with E-state index in [1.807, 2.05) is 6.08 Å². The van der Waals surface area contributed by atoms with Crippen molar-refractivity contribution in [1.82, 2.24) is 0 Å². The van der Waals surface area contributed by atoms with Gasteiger partial charge in [-0.05, 0) is 80.5 Å². The summed E-state index contributed by atoms with van der Waals surface area (Å²) in [7, 11) is -0.223. The first-order valence-electron chi connectivity index (χ1n) is 12.4. The highest BCUT2D eigenvalue weighted by molar-refractivity contribution is 6.46. The van der Waals surface area contributed by atoms with Crippen LogP contribution in [-0.4, -0.2) is 30.9 Å². The molecule has 3 saturated carbocycles. The molecule has 30 heavy (non-hydrogen) atoms. The summed E-state index contributed by atoms with van der Waals surface area (Å²) in [5.74, 6) is 2.34. The van der Waals surface area contributed by atoms with Gasteiger partial charge in [-0.25, -0.2) is 0 Å². The third-order valence-electron chi connectivity index (χ3n) is 10.1. The van der Waals surface area contributed by atoms with Gasteiger partial charge in [0.2, 0.25) is 0 Å². The number of Topliss-reactive ketones (excluding diaryl/α,β-unsaturated/α-hetero) is 1. The second kappa shape index (κ2) is 7.30. The molecule has 5 rings (SSSR count). The second-order valence-corrected chi connectivity index (χ2v) is 11.2. The summed E-state index contributed by atoms with van der Waals surface area (Å²) in [6.07, 6.45) is 13.2. The van der Waals surface area contributed by atoms with E-state index in [4.69, 9.17) is 9.31 Å². The highest BCUT2D eigenvalue weighted by Gasteiger charge is 2.68. The number of carbonyl (C=O) groups excluding carboxylic acids is 2. The first-order valence-corrected chi connectivity index (χ1v) is 12.4. The Balaban J connectivity index is 1.44. The van der Waals surface area contributed by atoms with E-state index in [-0.39, 0.29) is 30.3 Å². The van der Waals surface area contributed by atoms with E-state index in [1.54, 1.807) is 0 Å². The Morgan fingerprint density at radius 3 is 2.67 bits per heavy atom. The molecule has 4 nitrogen and oxygen atoms in total. The van der Waals surface area contributed by atoms with Crippen molar-refractivity contribution >= 4 is 18.7 Å². The quantitative estimate of drug-likeness (QED) is 0.601. The molecule has 0 aromatic rings. The Hall–Kier alpha value is -0.935. The fourth-order valence-electron chi connectivity index (χ4n) is 8.33. The number of fused-ring (bicyclic) bond motifs is 6. The Labute approximate surface area is 181 Å². The topological polar surface area (TPSA) is 52.6 Å². The van der Waals surface area contributed by atoms with Gasteiger partial charge >= 0.3 is 7.12 Å². The van der Waals surface area contributed by atoms with Crippen LogP contribution in [0, 0.1) is 28.6 Å². The van der Waals surface area contributed by atoms with Gasteiger partial charge in [0.25, 0.3) is 0 Å². The van der Waals surface area contributed by atoms with E-state index in [2.05, 4.69) is 20.8 Å². The zero-order chi connectivity index (χ0) is 21.1. The predicted molar refractivity (Wildman–Crippen MR) is 117 cm³/mol. The monoisotopic (exact) mass is 412 g/mol. The maximum Gasteiger partial charge on any atom is 0.457 e. The van der Waals surface area contributed by atoms with Crippen molar-refractivity contribution in [2.24, 2.45) is 28.6 Å². The SMILES string of the molecule is CCCCB1OCC(=O)[C@]2(CC[C@H]3[C@@H]4CCC5=CC(=O)CC[C@]5(C)[C@H]4CC[C@@]32C)O1. The van der Waals surface area contributed by atoms with Crippen LogP contribution in [0.15, 0.2) is 11.6 Å². The molecule has 5 heteroatoms. The lowest BCUT2D eigenvalue weighted by atomic mass is 9.46. The van der Waals surface area contributed by atoms with Gasteiger partial charge in [0, 0.05) is 11.8 Å². The molecular weight excluding hydrogens is 375 g/mol. The van der Waals surface area contributed by atoms with Gasteiger partial charge < -0.3 is 9.31 Å². The average molecular weight is 412 g/mol. The van der Waals surface area contributed by atoms with Crippen LogP contribution in [0.5, 0.6) is 0 Å². The summed E-state index contributed by atoms with van der Waals surface area (Å²) in [4.78, 5) is 25.3. The van der Waals surface area contributed by atoms with Gasteiger partial charge in [0.1, 0.15) is 5.60 Å². The van der Waals surface area contributed by atoms with E-state index in [0.29, 0.717) is 30.0 Å². The molecule has 0 aromatic heterocycles. The molecule has 4 fully saturated rings. The highest BCUT2D eigenvalue weighted by atomic mass is 16.6. The smallest absolute Gasteiger partial charge is 0.404 e. The van der Waals surface area contributed by atoms with Crippen LogP contribution in [-0.2, 0) is 18.9 Å². The van der Waals surface area contributed by atoms with E-state index >= 15 is 0 Å². The van der Waals surface area contributed by atoms with Gasteiger partial charge in [0.15, 0.2) is 11.6 Å². The van der Waals surface area contributed by atoms with Gasteiger partial charge in [-0.3, -0.25) is 9.59 Å². The molecule has 1 aliphatic heterocycles. The largest absolute Gasteiger partial charge is 0.457 e. The van der Waals surface area contributed by atoms with Crippen LogP contribution in [0.2, 0.25) is 6.32 Å². The standard InChI is InChI=1S/C25H37BO4/c1-4-5-14-26-29-16-22(28)25(30-26)13-10-21-19-7-6-17-15-18(27)8-11-23(17,2)20(19)9-12-24(21,25)3/h15,19-21H,4-14,16H2,1-3H3/t19-,20+,21+,23+,24+,25+/m1/s1. The summed E-state index contributed by atoms with van der Waals surface area (Å²) in [6.45, 7) is 7.19. The van der Waals surface area contributed by atoms with Crippen LogP contribution < -0.4 is 0 Å². The van der Waals surface area contributed by atoms with Gasteiger partial charge in [-0.2, -0.15) is 0 Å². The molecule has 5 aliphatic rings. The molecule has 0 unspecified atom stereocenters. The zero-order valence-corrected chi connectivity index (χ0v) is 19.0. The fourth-order valence-corrected chi connectivity index (χ4v) is 8.33. The van der Waals surface area contributed by atoms with Crippen LogP contribution >= 0.6 is 0 Å². The fraction of sp³-hybridized carbons (Fsp3) is 0.840. The normalized spacial score (nSPS) is 45.8. The predicted octanol–water partition coefficient (Wildman–Crippen LogP) is 5.16. The first kappa shape index (κ1) is 20.9. The minimum atomic E-state index is -0.640. The van der Waals surface area contributed by atoms with Crippen molar-refractivity contribution in [3.05, 3.63) is 11.6 Å². The number of hydrogen-bond acceptors (Lipinski definition) is 4. The lowest BCUT2D eigenvalue weighted by molar-refractivity contribution is -0.170. The second-order valence-electron chi connectivity index (χ2n) is 11.2. The Kier molecular flexibility index (Phi) is 5.10. The number of rotatable bonds is 3. The Bertz CT molecular complexity index is 777. The first-order chi connectivity index (χ1) is 14.3. The number of allylic oxidation sites excluding steroid dienone is 1. The Morgan fingerprint density at radius 1 is 1.07 bits per heavy atom. The zero-order valence-electron chi connectivity index (χ0n) is 19.0. The lowest BCUT2D eigenvalue weighted by Crippen LogP contribution is -2.63. The van der Waals surface area contributed by atoms with E-state index in [9.17, 15) is 9.59 Å². The molecule has 1 saturated heterocycles. The van der Waals surface area contributed by atoms with Crippen molar-refractivity contribution in [3.8, 4) is 0 Å². The van der Waals surface area contributed by atoms with Crippen LogP contribution in [0.1, 0.15) is 85.0 Å². The van der Waals surface area contributed by atoms with Gasteiger partial charge in [-0.15, -0.1) is 0 Å². The molecule has 0 aromatic carbocycles. The van der Waals surface area contributed by atoms with E-state index < -0.39 is 5.60 Å². The molecule has 0 amide bonds.